The normalized spacial score (nSPS) is 10.0. The Labute approximate surface area is 134 Å². The molecule has 0 heterocycles. The first-order valence-electron chi connectivity index (χ1n) is 6.34. The van der Waals surface area contributed by atoms with E-state index in [1.54, 1.807) is 19.2 Å². The Kier molecular flexibility index (Phi) is 5.32. The van der Waals surface area contributed by atoms with Gasteiger partial charge in [-0.3, -0.25) is 0 Å². The van der Waals surface area contributed by atoms with Gasteiger partial charge in [-0.2, -0.15) is 5.26 Å². The summed E-state index contributed by atoms with van der Waals surface area (Å²) < 4.78 is 5.14. The van der Waals surface area contributed by atoms with Crippen molar-refractivity contribution in [2.24, 2.45) is 0 Å². The minimum absolute atomic E-state index is 0.269. The summed E-state index contributed by atoms with van der Waals surface area (Å²) in [5.74, 6) is 0.778. The van der Waals surface area contributed by atoms with Crippen LogP contribution in [0.2, 0.25) is 10.0 Å². The molecule has 0 aromatic heterocycles. The molecule has 0 atom stereocenters. The second-order valence-corrected chi connectivity index (χ2v) is 5.29. The Balaban J connectivity index is 2.24. The van der Waals surface area contributed by atoms with E-state index in [0.717, 1.165) is 17.0 Å². The fourth-order valence-electron chi connectivity index (χ4n) is 1.97. The van der Waals surface area contributed by atoms with E-state index in [2.05, 4.69) is 6.07 Å². The van der Waals surface area contributed by atoms with E-state index in [-0.39, 0.29) is 6.54 Å². The maximum absolute atomic E-state index is 9.02. The van der Waals surface area contributed by atoms with Gasteiger partial charge in [-0.25, -0.2) is 0 Å². The molecule has 21 heavy (non-hydrogen) atoms. The Morgan fingerprint density at radius 2 is 1.86 bits per heavy atom. The molecular weight excluding hydrogens is 307 g/mol. The van der Waals surface area contributed by atoms with Gasteiger partial charge in [-0.15, -0.1) is 0 Å². The molecule has 3 nitrogen and oxygen atoms in total. The molecule has 0 amide bonds. The maximum atomic E-state index is 9.02. The SMILES string of the molecule is COc1ccc(N(CC#N)Cc2ccc(Cl)cc2Cl)cc1. The molecule has 0 fully saturated rings. The van der Waals surface area contributed by atoms with Gasteiger partial charge in [0.1, 0.15) is 12.3 Å². The Morgan fingerprint density at radius 1 is 1.14 bits per heavy atom. The van der Waals surface area contributed by atoms with E-state index >= 15 is 0 Å². The van der Waals surface area contributed by atoms with Gasteiger partial charge >= 0.3 is 0 Å². The average Bonchev–Trinajstić information content (AvgIpc) is 2.49. The lowest BCUT2D eigenvalue weighted by Crippen LogP contribution is -2.23. The van der Waals surface area contributed by atoms with Crippen molar-refractivity contribution in [1.29, 1.82) is 5.26 Å². The number of anilines is 1. The average molecular weight is 321 g/mol. The Bertz CT molecular complexity index is 650. The summed E-state index contributed by atoms with van der Waals surface area (Å²) in [6.07, 6.45) is 0. The Morgan fingerprint density at radius 3 is 2.43 bits per heavy atom. The zero-order chi connectivity index (χ0) is 15.2. The second-order valence-electron chi connectivity index (χ2n) is 4.45. The van der Waals surface area contributed by atoms with Crippen molar-refractivity contribution in [3.05, 3.63) is 58.1 Å². The first-order valence-corrected chi connectivity index (χ1v) is 7.09. The van der Waals surface area contributed by atoms with Gasteiger partial charge in [0.05, 0.1) is 13.2 Å². The van der Waals surface area contributed by atoms with E-state index in [0.29, 0.717) is 16.6 Å². The molecule has 2 rings (SSSR count). The van der Waals surface area contributed by atoms with Crippen LogP contribution in [0.25, 0.3) is 0 Å². The van der Waals surface area contributed by atoms with Gasteiger partial charge in [-0.1, -0.05) is 29.3 Å². The zero-order valence-corrected chi connectivity index (χ0v) is 13.0. The van der Waals surface area contributed by atoms with E-state index in [9.17, 15) is 0 Å². The molecule has 2 aromatic rings. The highest BCUT2D eigenvalue weighted by atomic mass is 35.5. The van der Waals surface area contributed by atoms with E-state index in [1.165, 1.54) is 0 Å². The Hall–Kier alpha value is -1.89. The molecule has 0 unspecified atom stereocenters. The van der Waals surface area contributed by atoms with Crippen LogP contribution in [0.5, 0.6) is 5.75 Å². The van der Waals surface area contributed by atoms with Crippen LogP contribution in [0, 0.1) is 11.3 Å². The summed E-state index contributed by atoms with van der Waals surface area (Å²) in [5.41, 5.74) is 1.86. The summed E-state index contributed by atoms with van der Waals surface area (Å²) in [6.45, 7) is 0.807. The topological polar surface area (TPSA) is 36.3 Å². The second kappa shape index (κ2) is 7.21. The van der Waals surface area contributed by atoms with Crippen LogP contribution in [0.15, 0.2) is 42.5 Å². The minimum atomic E-state index is 0.269. The van der Waals surface area contributed by atoms with Crippen molar-refractivity contribution in [3.63, 3.8) is 0 Å². The van der Waals surface area contributed by atoms with E-state index in [4.69, 9.17) is 33.2 Å². The highest BCUT2D eigenvalue weighted by Crippen LogP contribution is 2.25. The molecule has 0 saturated carbocycles. The van der Waals surface area contributed by atoms with Crippen LogP contribution in [-0.4, -0.2) is 13.7 Å². The van der Waals surface area contributed by atoms with Crippen LogP contribution in [0.3, 0.4) is 0 Å². The molecular formula is C16H14Cl2N2O. The van der Waals surface area contributed by atoms with Crippen molar-refractivity contribution in [1.82, 2.24) is 0 Å². The van der Waals surface area contributed by atoms with Crippen molar-refractivity contribution < 1.29 is 4.74 Å². The number of nitrogens with zero attached hydrogens (tertiary/aromatic N) is 2. The standard InChI is InChI=1S/C16H14Cl2N2O/c1-21-15-6-4-14(5-7-15)20(9-8-19)11-12-2-3-13(17)10-16(12)18/h2-7,10H,9,11H2,1H3. The van der Waals surface area contributed by atoms with Crippen LogP contribution in [-0.2, 0) is 6.54 Å². The zero-order valence-electron chi connectivity index (χ0n) is 11.5. The van der Waals surface area contributed by atoms with Gasteiger partial charge in [-0.05, 0) is 42.0 Å². The predicted octanol–water partition coefficient (Wildman–Crippen LogP) is 4.53. The summed E-state index contributed by atoms with van der Waals surface area (Å²) in [6, 6.07) is 15.1. The number of rotatable bonds is 5. The van der Waals surface area contributed by atoms with Crippen LogP contribution in [0.1, 0.15) is 5.56 Å². The number of hydrogen-bond acceptors (Lipinski definition) is 3. The summed E-state index contributed by atoms with van der Waals surface area (Å²) in [5, 5.41) is 10.2. The molecule has 5 heteroatoms. The van der Waals surface area contributed by atoms with Gasteiger partial charge < -0.3 is 9.64 Å². The molecule has 0 aliphatic rings. The number of ether oxygens (including phenoxy) is 1. The third kappa shape index (κ3) is 4.04. The highest BCUT2D eigenvalue weighted by molar-refractivity contribution is 6.35. The lowest BCUT2D eigenvalue weighted by Gasteiger charge is -2.22. The third-order valence-corrected chi connectivity index (χ3v) is 3.66. The quantitative estimate of drug-likeness (QED) is 0.759. The largest absolute Gasteiger partial charge is 0.497 e. The van der Waals surface area contributed by atoms with Gasteiger partial charge in [0.15, 0.2) is 0 Å². The maximum Gasteiger partial charge on any atom is 0.119 e. The first kappa shape index (κ1) is 15.5. The molecule has 0 radical (unpaired) electrons. The molecule has 0 saturated heterocycles. The van der Waals surface area contributed by atoms with E-state index in [1.807, 2.05) is 35.2 Å². The van der Waals surface area contributed by atoms with Crippen LogP contribution >= 0.6 is 23.2 Å². The van der Waals surface area contributed by atoms with Gasteiger partial charge in [0.25, 0.3) is 0 Å². The molecule has 0 spiro atoms. The third-order valence-electron chi connectivity index (χ3n) is 3.08. The van der Waals surface area contributed by atoms with Crippen molar-refractivity contribution in [2.45, 2.75) is 6.54 Å². The lowest BCUT2D eigenvalue weighted by atomic mass is 10.2. The predicted molar refractivity (Wildman–Crippen MR) is 86.1 cm³/mol. The smallest absolute Gasteiger partial charge is 0.119 e. The summed E-state index contributed by atoms with van der Waals surface area (Å²) in [4.78, 5) is 1.94. The highest BCUT2D eigenvalue weighted by Gasteiger charge is 2.10. The van der Waals surface area contributed by atoms with Crippen molar-refractivity contribution in [3.8, 4) is 11.8 Å². The van der Waals surface area contributed by atoms with E-state index < -0.39 is 0 Å². The molecule has 108 valence electrons. The fourth-order valence-corrected chi connectivity index (χ4v) is 2.44. The number of hydrogen-bond donors (Lipinski definition) is 0. The van der Waals surface area contributed by atoms with Gasteiger partial charge in [0, 0.05) is 22.3 Å². The fraction of sp³-hybridized carbons (Fsp3) is 0.188. The molecule has 2 aromatic carbocycles. The number of benzene rings is 2. The number of halogens is 2. The number of methoxy groups -OCH3 is 1. The molecule has 0 N–H and O–H groups in total. The lowest BCUT2D eigenvalue weighted by molar-refractivity contribution is 0.415. The first-order chi connectivity index (χ1) is 10.1. The molecule has 0 aliphatic heterocycles. The molecule has 0 bridgehead atoms. The number of nitriles is 1. The minimum Gasteiger partial charge on any atom is -0.497 e. The summed E-state index contributed by atoms with van der Waals surface area (Å²) >= 11 is 12.1. The van der Waals surface area contributed by atoms with Crippen molar-refractivity contribution in [2.75, 3.05) is 18.6 Å². The van der Waals surface area contributed by atoms with Crippen LogP contribution in [0.4, 0.5) is 5.69 Å². The molecule has 0 aliphatic carbocycles. The van der Waals surface area contributed by atoms with Gasteiger partial charge in [0.2, 0.25) is 0 Å². The monoisotopic (exact) mass is 320 g/mol. The summed E-state index contributed by atoms with van der Waals surface area (Å²) in [7, 11) is 1.62. The van der Waals surface area contributed by atoms with Crippen LogP contribution < -0.4 is 9.64 Å². The van der Waals surface area contributed by atoms with Crippen molar-refractivity contribution >= 4 is 28.9 Å².